The van der Waals surface area contributed by atoms with Crippen LogP contribution in [0.4, 0.5) is 11.4 Å². The van der Waals surface area contributed by atoms with Crippen LogP contribution >= 0.6 is 35.0 Å². The highest BCUT2D eigenvalue weighted by molar-refractivity contribution is 8.00. The fourth-order valence-corrected chi connectivity index (χ4v) is 4.16. The number of thioether (sulfide) groups is 1. The summed E-state index contributed by atoms with van der Waals surface area (Å²) in [6.07, 6.45) is 5.46. The van der Waals surface area contributed by atoms with Gasteiger partial charge in [-0.15, -0.1) is 11.8 Å². The fourth-order valence-electron chi connectivity index (χ4n) is 3.16. The van der Waals surface area contributed by atoms with Crippen molar-refractivity contribution in [2.75, 3.05) is 16.4 Å². The molecule has 1 fully saturated rings. The Balaban J connectivity index is 1.46. The van der Waals surface area contributed by atoms with E-state index >= 15 is 0 Å². The monoisotopic (exact) mass is 436 g/mol. The average molecular weight is 437 g/mol. The molecule has 148 valence electrons. The van der Waals surface area contributed by atoms with Gasteiger partial charge in [0.15, 0.2) is 0 Å². The van der Waals surface area contributed by atoms with Crippen molar-refractivity contribution in [1.82, 2.24) is 0 Å². The van der Waals surface area contributed by atoms with E-state index in [1.807, 2.05) is 24.3 Å². The maximum Gasteiger partial charge on any atom is 0.234 e. The van der Waals surface area contributed by atoms with E-state index in [0.717, 1.165) is 36.3 Å². The molecular formula is C21H22Cl2N2O2S. The standard InChI is InChI=1S/C21H22Cl2N2O2S/c22-18-11-8-16(12-19(18)23)24-20(26)13-28-17-9-6-15(7-10-17)25-21(27)14-4-2-1-3-5-14/h6-12,14H,1-5,13H2,(H,24,26)(H,25,27). The first-order chi connectivity index (χ1) is 13.5. The van der Waals surface area contributed by atoms with Gasteiger partial charge in [0.25, 0.3) is 0 Å². The van der Waals surface area contributed by atoms with Gasteiger partial charge < -0.3 is 10.6 Å². The van der Waals surface area contributed by atoms with Gasteiger partial charge >= 0.3 is 0 Å². The van der Waals surface area contributed by atoms with Gasteiger partial charge in [-0.25, -0.2) is 0 Å². The minimum absolute atomic E-state index is 0.112. The molecule has 0 spiro atoms. The zero-order valence-electron chi connectivity index (χ0n) is 15.3. The number of halogens is 2. The summed E-state index contributed by atoms with van der Waals surface area (Å²) >= 11 is 13.3. The first kappa shape index (κ1) is 21.0. The second-order valence-electron chi connectivity index (χ2n) is 6.81. The predicted octanol–water partition coefficient (Wildman–Crippen LogP) is 6.24. The van der Waals surface area contributed by atoms with Crippen molar-refractivity contribution in [3.05, 3.63) is 52.5 Å². The molecule has 0 unspecified atom stereocenters. The third-order valence-corrected chi connectivity index (χ3v) is 6.42. The van der Waals surface area contributed by atoms with E-state index in [1.54, 1.807) is 18.2 Å². The molecule has 1 aliphatic rings. The Kier molecular flexibility index (Phi) is 7.65. The van der Waals surface area contributed by atoms with Crippen LogP contribution in [0.1, 0.15) is 32.1 Å². The van der Waals surface area contributed by atoms with Crippen LogP contribution in [0.5, 0.6) is 0 Å². The van der Waals surface area contributed by atoms with Crippen LogP contribution < -0.4 is 10.6 Å². The number of carbonyl (C=O) groups excluding carboxylic acids is 2. The summed E-state index contributed by atoms with van der Waals surface area (Å²) in [6, 6.07) is 12.5. The highest BCUT2D eigenvalue weighted by atomic mass is 35.5. The van der Waals surface area contributed by atoms with E-state index in [0.29, 0.717) is 15.7 Å². The van der Waals surface area contributed by atoms with Crippen LogP contribution in [0, 0.1) is 5.92 Å². The Morgan fingerprint density at radius 1 is 0.893 bits per heavy atom. The van der Waals surface area contributed by atoms with Gasteiger partial charge in [0.1, 0.15) is 0 Å². The quantitative estimate of drug-likeness (QED) is 0.526. The molecule has 4 nitrogen and oxygen atoms in total. The van der Waals surface area contributed by atoms with E-state index in [4.69, 9.17) is 23.2 Å². The Bertz CT molecular complexity index is 837. The molecule has 28 heavy (non-hydrogen) atoms. The maximum atomic E-state index is 12.3. The van der Waals surface area contributed by atoms with Crippen LogP contribution in [0.2, 0.25) is 10.0 Å². The van der Waals surface area contributed by atoms with Crippen LogP contribution in [-0.2, 0) is 9.59 Å². The lowest BCUT2D eigenvalue weighted by Gasteiger charge is -2.20. The number of anilines is 2. The van der Waals surface area contributed by atoms with Crippen LogP contribution in [0.25, 0.3) is 0 Å². The summed E-state index contributed by atoms with van der Waals surface area (Å²) in [5.74, 6) is 0.389. The van der Waals surface area contributed by atoms with E-state index in [-0.39, 0.29) is 23.5 Å². The fraction of sp³-hybridized carbons (Fsp3) is 0.333. The van der Waals surface area contributed by atoms with Gasteiger partial charge in [0.2, 0.25) is 11.8 Å². The van der Waals surface area contributed by atoms with E-state index in [2.05, 4.69) is 10.6 Å². The lowest BCUT2D eigenvalue weighted by molar-refractivity contribution is -0.120. The lowest BCUT2D eigenvalue weighted by Crippen LogP contribution is -2.24. The number of carbonyl (C=O) groups is 2. The summed E-state index contributed by atoms with van der Waals surface area (Å²) in [6.45, 7) is 0. The minimum Gasteiger partial charge on any atom is -0.326 e. The summed E-state index contributed by atoms with van der Waals surface area (Å²) in [7, 11) is 0. The average Bonchev–Trinajstić information content (AvgIpc) is 2.71. The Morgan fingerprint density at radius 2 is 1.57 bits per heavy atom. The normalized spacial score (nSPS) is 14.5. The summed E-state index contributed by atoms with van der Waals surface area (Å²) < 4.78 is 0. The molecule has 2 aromatic carbocycles. The van der Waals surface area contributed by atoms with E-state index in [9.17, 15) is 9.59 Å². The van der Waals surface area contributed by atoms with Crippen molar-refractivity contribution >= 4 is 58.2 Å². The zero-order chi connectivity index (χ0) is 19.9. The lowest BCUT2D eigenvalue weighted by atomic mass is 9.88. The second-order valence-corrected chi connectivity index (χ2v) is 8.68. The second kappa shape index (κ2) is 10.2. The largest absolute Gasteiger partial charge is 0.326 e. The molecule has 1 saturated carbocycles. The molecule has 0 aliphatic heterocycles. The van der Waals surface area contributed by atoms with Crippen molar-refractivity contribution in [2.24, 2.45) is 5.92 Å². The third-order valence-electron chi connectivity index (χ3n) is 4.67. The molecule has 1 aliphatic carbocycles. The molecule has 3 rings (SSSR count). The van der Waals surface area contributed by atoms with Gasteiger partial charge in [-0.05, 0) is 55.3 Å². The number of hydrogen-bond donors (Lipinski definition) is 2. The zero-order valence-corrected chi connectivity index (χ0v) is 17.7. The Hall–Kier alpha value is -1.69. The first-order valence-corrected chi connectivity index (χ1v) is 11.0. The molecule has 0 heterocycles. The maximum absolute atomic E-state index is 12.3. The van der Waals surface area contributed by atoms with Crippen LogP contribution in [-0.4, -0.2) is 17.6 Å². The molecule has 2 N–H and O–H groups in total. The topological polar surface area (TPSA) is 58.2 Å². The predicted molar refractivity (Wildman–Crippen MR) is 117 cm³/mol. The molecule has 0 atom stereocenters. The molecule has 0 bridgehead atoms. The van der Waals surface area contributed by atoms with Crippen molar-refractivity contribution in [3.8, 4) is 0 Å². The SMILES string of the molecule is O=C(CSc1ccc(NC(=O)C2CCCCC2)cc1)Nc1ccc(Cl)c(Cl)c1. The summed E-state index contributed by atoms with van der Waals surface area (Å²) in [4.78, 5) is 25.4. The molecule has 0 aromatic heterocycles. The Labute approximate surface area is 179 Å². The van der Waals surface area contributed by atoms with Gasteiger partial charge in [-0.3, -0.25) is 9.59 Å². The summed E-state index contributed by atoms with van der Waals surface area (Å²) in [5.41, 5.74) is 1.40. The smallest absolute Gasteiger partial charge is 0.234 e. The number of benzene rings is 2. The Morgan fingerprint density at radius 3 is 2.25 bits per heavy atom. The molecule has 7 heteroatoms. The van der Waals surface area contributed by atoms with Gasteiger partial charge in [0.05, 0.1) is 15.8 Å². The van der Waals surface area contributed by atoms with Crippen molar-refractivity contribution in [1.29, 1.82) is 0 Å². The minimum atomic E-state index is -0.127. The summed E-state index contributed by atoms with van der Waals surface area (Å²) in [5, 5.41) is 6.64. The van der Waals surface area contributed by atoms with Gasteiger partial charge in [0, 0.05) is 22.2 Å². The molecular weight excluding hydrogens is 415 g/mol. The van der Waals surface area contributed by atoms with Gasteiger partial charge in [-0.2, -0.15) is 0 Å². The van der Waals surface area contributed by atoms with E-state index in [1.165, 1.54) is 18.2 Å². The number of hydrogen-bond acceptors (Lipinski definition) is 3. The molecule has 2 amide bonds. The molecule has 0 saturated heterocycles. The first-order valence-electron chi connectivity index (χ1n) is 9.30. The van der Waals surface area contributed by atoms with Crippen molar-refractivity contribution in [2.45, 2.75) is 37.0 Å². The number of rotatable bonds is 6. The molecule has 0 radical (unpaired) electrons. The number of amides is 2. The highest BCUT2D eigenvalue weighted by Crippen LogP contribution is 2.27. The number of nitrogens with one attached hydrogen (secondary N) is 2. The molecule has 2 aromatic rings. The van der Waals surface area contributed by atoms with Crippen molar-refractivity contribution in [3.63, 3.8) is 0 Å². The van der Waals surface area contributed by atoms with Crippen LogP contribution in [0.15, 0.2) is 47.4 Å². The van der Waals surface area contributed by atoms with Crippen LogP contribution in [0.3, 0.4) is 0 Å². The van der Waals surface area contributed by atoms with Gasteiger partial charge in [-0.1, -0.05) is 42.5 Å². The third kappa shape index (κ3) is 6.16. The highest BCUT2D eigenvalue weighted by Gasteiger charge is 2.20. The van der Waals surface area contributed by atoms with Crippen molar-refractivity contribution < 1.29 is 9.59 Å². The van der Waals surface area contributed by atoms with E-state index < -0.39 is 0 Å².